The van der Waals surface area contributed by atoms with Crippen molar-refractivity contribution in [3.63, 3.8) is 0 Å². The van der Waals surface area contributed by atoms with Crippen molar-refractivity contribution < 1.29 is 9.00 Å². The van der Waals surface area contributed by atoms with E-state index in [4.69, 9.17) is 0 Å². The highest BCUT2D eigenvalue weighted by atomic mass is 32.2. The summed E-state index contributed by atoms with van der Waals surface area (Å²) in [6, 6.07) is 0.158. The molecule has 0 saturated carbocycles. The molecular weight excluding hydrogens is 188 g/mol. The van der Waals surface area contributed by atoms with E-state index in [0.717, 1.165) is 24.3 Å². The van der Waals surface area contributed by atoms with Crippen LogP contribution in [0.4, 0.5) is 4.79 Å². The molecule has 1 rings (SSSR count). The third-order valence-electron chi connectivity index (χ3n) is 2.12. The minimum atomic E-state index is -0.651. The first-order chi connectivity index (χ1) is 6.09. The zero-order chi connectivity index (χ0) is 9.84. The van der Waals surface area contributed by atoms with Crippen molar-refractivity contribution in [1.82, 2.24) is 10.2 Å². The first-order valence-corrected chi connectivity index (χ1v) is 5.91. The standard InChI is InChI=1S/C8H16N2O2S/c1-10(2)8(11)9-7-3-5-13(12)6-4-7/h7H,3-6H2,1-2H3,(H,9,11). The molecule has 0 spiro atoms. The van der Waals surface area contributed by atoms with E-state index >= 15 is 0 Å². The molecular formula is C8H16N2O2S. The van der Waals surface area contributed by atoms with Gasteiger partial charge in [-0.15, -0.1) is 0 Å². The van der Waals surface area contributed by atoms with Crippen molar-refractivity contribution in [1.29, 1.82) is 0 Å². The normalized spacial score (nSPS) is 28.2. The third kappa shape index (κ3) is 3.34. The Balaban J connectivity index is 2.30. The molecule has 1 heterocycles. The molecule has 0 aliphatic carbocycles. The van der Waals surface area contributed by atoms with Gasteiger partial charge in [-0.25, -0.2) is 4.79 Å². The lowest BCUT2D eigenvalue weighted by atomic mass is 10.2. The van der Waals surface area contributed by atoms with Gasteiger partial charge in [0.2, 0.25) is 0 Å². The minimum absolute atomic E-state index is 0.0577. The van der Waals surface area contributed by atoms with Gasteiger partial charge in [0.05, 0.1) is 0 Å². The Labute approximate surface area is 81.1 Å². The average Bonchev–Trinajstić information content (AvgIpc) is 2.08. The summed E-state index contributed by atoms with van der Waals surface area (Å²) < 4.78 is 11.0. The maximum Gasteiger partial charge on any atom is 0.317 e. The zero-order valence-electron chi connectivity index (χ0n) is 8.08. The highest BCUT2D eigenvalue weighted by Crippen LogP contribution is 2.08. The van der Waals surface area contributed by atoms with E-state index in [0.29, 0.717) is 0 Å². The average molecular weight is 204 g/mol. The molecule has 4 nitrogen and oxygen atoms in total. The Kier molecular flexibility index (Phi) is 3.71. The quantitative estimate of drug-likeness (QED) is 0.662. The second kappa shape index (κ2) is 4.60. The van der Waals surface area contributed by atoms with Crippen LogP contribution in [0.2, 0.25) is 0 Å². The van der Waals surface area contributed by atoms with E-state index in [1.54, 1.807) is 14.1 Å². The number of nitrogens with one attached hydrogen (secondary N) is 1. The van der Waals surface area contributed by atoms with Crippen molar-refractivity contribution in [3.8, 4) is 0 Å². The first-order valence-electron chi connectivity index (χ1n) is 4.42. The van der Waals surface area contributed by atoms with E-state index in [-0.39, 0.29) is 12.1 Å². The maximum absolute atomic E-state index is 11.2. The van der Waals surface area contributed by atoms with Crippen molar-refractivity contribution in [2.75, 3.05) is 25.6 Å². The van der Waals surface area contributed by atoms with Crippen molar-refractivity contribution in [2.45, 2.75) is 18.9 Å². The molecule has 5 heteroatoms. The summed E-state index contributed by atoms with van der Waals surface area (Å²) >= 11 is 0. The van der Waals surface area contributed by atoms with Crippen LogP contribution in [0.25, 0.3) is 0 Å². The Morgan fingerprint density at radius 1 is 1.38 bits per heavy atom. The molecule has 13 heavy (non-hydrogen) atoms. The first kappa shape index (κ1) is 10.5. The molecule has 0 radical (unpaired) electrons. The van der Waals surface area contributed by atoms with Gasteiger partial charge in [-0.2, -0.15) is 0 Å². The van der Waals surface area contributed by atoms with Crippen LogP contribution in [-0.4, -0.2) is 46.8 Å². The summed E-state index contributed by atoms with van der Waals surface area (Å²) in [5.74, 6) is 1.44. The van der Waals surface area contributed by atoms with Crippen molar-refractivity contribution in [2.24, 2.45) is 0 Å². The monoisotopic (exact) mass is 204 g/mol. The van der Waals surface area contributed by atoms with E-state index < -0.39 is 10.8 Å². The van der Waals surface area contributed by atoms with Crippen LogP contribution < -0.4 is 5.32 Å². The van der Waals surface area contributed by atoms with Crippen LogP contribution in [0.3, 0.4) is 0 Å². The van der Waals surface area contributed by atoms with Gasteiger partial charge in [0.15, 0.2) is 0 Å². The lowest BCUT2D eigenvalue weighted by molar-refractivity contribution is 0.212. The number of rotatable bonds is 1. The molecule has 0 bridgehead atoms. The van der Waals surface area contributed by atoms with E-state index in [2.05, 4.69) is 5.32 Å². The Morgan fingerprint density at radius 3 is 2.38 bits per heavy atom. The molecule has 1 N–H and O–H groups in total. The van der Waals surface area contributed by atoms with Gasteiger partial charge >= 0.3 is 6.03 Å². The summed E-state index contributed by atoms with van der Waals surface area (Å²) in [7, 11) is 2.79. The van der Waals surface area contributed by atoms with Crippen LogP contribution in [0.5, 0.6) is 0 Å². The number of hydrogen-bond donors (Lipinski definition) is 1. The molecule has 1 fully saturated rings. The van der Waals surface area contributed by atoms with Gasteiger partial charge in [-0.3, -0.25) is 4.21 Å². The van der Waals surface area contributed by atoms with Gasteiger partial charge in [-0.05, 0) is 12.8 Å². The summed E-state index contributed by atoms with van der Waals surface area (Å²) in [5.41, 5.74) is 0. The van der Waals surface area contributed by atoms with Gasteiger partial charge in [-0.1, -0.05) is 0 Å². The smallest absolute Gasteiger partial charge is 0.317 e. The summed E-state index contributed by atoms with van der Waals surface area (Å²) in [6.07, 6.45) is 1.68. The highest BCUT2D eigenvalue weighted by molar-refractivity contribution is 7.85. The lowest BCUT2D eigenvalue weighted by Gasteiger charge is -2.24. The summed E-state index contributed by atoms with van der Waals surface area (Å²) in [6.45, 7) is 0. The topological polar surface area (TPSA) is 49.4 Å². The van der Waals surface area contributed by atoms with Crippen LogP contribution >= 0.6 is 0 Å². The summed E-state index contributed by atoms with van der Waals surface area (Å²) in [5, 5.41) is 2.89. The number of nitrogens with zero attached hydrogens (tertiary/aromatic N) is 1. The van der Waals surface area contributed by atoms with Crippen LogP contribution in [0.1, 0.15) is 12.8 Å². The van der Waals surface area contributed by atoms with Crippen molar-refractivity contribution in [3.05, 3.63) is 0 Å². The van der Waals surface area contributed by atoms with Crippen LogP contribution in [0, 0.1) is 0 Å². The predicted molar refractivity (Wildman–Crippen MR) is 53.1 cm³/mol. The molecule has 1 saturated heterocycles. The maximum atomic E-state index is 11.2. The van der Waals surface area contributed by atoms with Gasteiger partial charge in [0.1, 0.15) is 0 Å². The fourth-order valence-electron chi connectivity index (χ4n) is 1.24. The zero-order valence-corrected chi connectivity index (χ0v) is 8.89. The molecule has 0 aromatic rings. The molecule has 0 aromatic heterocycles. The van der Waals surface area contributed by atoms with Crippen molar-refractivity contribution >= 4 is 16.8 Å². The lowest BCUT2D eigenvalue weighted by Crippen LogP contribution is -2.44. The van der Waals surface area contributed by atoms with Gasteiger partial charge in [0.25, 0.3) is 0 Å². The highest BCUT2D eigenvalue weighted by Gasteiger charge is 2.19. The van der Waals surface area contributed by atoms with Gasteiger partial charge in [0, 0.05) is 42.4 Å². The number of amides is 2. The largest absolute Gasteiger partial charge is 0.335 e. The number of carbonyl (C=O) groups excluding carboxylic acids is 1. The van der Waals surface area contributed by atoms with Gasteiger partial charge < -0.3 is 10.2 Å². The predicted octanol–water partition coefficient (Wildman–Crippen LogP) is 0.169. The molecule has 2 amide bonds. The van der Waals surface area contributed by atoms with Crippen LogP contribution in [0.15, 0.2) is 0 Å². The molecule has 1 aliphatic heterocycles. The SMILES string of the molecule is CN(C)C(=O)NC1CCS(=O)CC1. The van der Waals surface area contributed by atoms with E-state index in [9.17, 15) is 9.00 Å². The fraction of sp³-hybridized carbons (Fsp3) is 0.875. The van der Waals surface area contributed by atoms with E-state index in [1.165, 1.54) is 4.90 Å². The third-order valence-corrected chi connectivity index (χ3v) is 3.50. The molecule has 0 unspecified atom stereocenters. The molecule has 0 atom stereocenters. The minimum Gasteiger partial charge on any atom is -0.335 e. The Morgan fingerprint density at radius 2 is 1.92 bits per heavy atom. The molecule has 76 valence electrons. The number of urea groups is 1. The fourth-order valence-corrected chi connectivity index (χ4v) is 2.54. The number of hydrogen-bond acceptors (Lipinski definition) is 2. The molecule has 0 aromatic carbocycles. The second-order valence-electron chi connectivity index (χ2n) is 3.47. The van der Waals surface area contributed by atoms with E-state index in [1.807, 2.05) is 0 Å². The Hall–Kier alpha value is -0.580. The van der Waals surface area contributed by atoms with Crippen LogP contribution in [-0.2, 0) is 10.8 Å². The number of carbonyl (C=O) groups is 1. The second-order valence-corrected chi connectivity index (χ2v) is 5.16. The molecule has 1 aliphatic rings. The Bertz CT molecular complexity index is 208. The summed E-state index contributed by atoms with van der Waals surface area (Å²) in [4.78, 5) is 12.8.